The van der Waals surface area contributed by atoms with E-state index in [1.54, 1.807) is 6.92 Å². The second-order valence-corrected chi connectivity index (χ2v) is 6.09. The van der Waals surface area contributed by atoms with Gasteiger partial charge in [-0.3, -0.25) is 4.79 Å². The fourth-order valence-electron chi connectivity index (χ4n) is 1.92. The third kappa shape index (κ3) is 5.28. The van der Waals surface area contributed by atoms with Crippen LogP contribution in [-0.4, -0.2) is 30.4 Å². The van der Waals surface area contributed by atoms with Crippen LogP contribution in [0.25, 0.3) is 0 Å². The molecule has 1 aliphatic carbocycles. The maximum Gasteiger partial charge on any atom is 0.323 e. The molecular formula is C15H19F2NO2S. The Balaban J connectivity index is 1.85. The highest BCUT2D eigenvalue weighted by molar-refractivity contribution is 7.99. The number of hydrogen-bond donors (Lipinski definition) is 1. The lowest BCUT2D eigenvalue weighted by Crippen LogP contribution is -2.39. The Labute approximate surface area is 127 Å². The first-order valence-corrected chi connectivity index (χ1v) is 8.09. The molecule has 0 heterocycles. The van der Waals surface area contributed by atoms with E-state index in [2.05, 4.69) is 5.32 Å². The number of esters is 1. The van der Waals surface area contributed by atoms with Gasteiger partial charge in [-0.15, -0.1) is 11.8 Å². The second-order valence-electron chi connectivity index (χ2n) is 4.96. The second kappa shape index (κ2) is 7.75. The SMILES string of the molecule is CCOC(=O)C(CCSc1cc(F)ccc1F)NC1CC1. The molecular weight excluding hydrogens is 296 g/mol. The number of carbonyl (C=O) groups excluding carboxylic acids is 1. The van der Waals surface area contributed by atoms with Crippen molar-refractivity contribution in [2.75, 3.05) is 12.4 Å². The monoisotopic (exact) mass is 315 g/mol. The number of carbonyl (C=O) groups is 1. The summed E-state index contributed by atoms with van der Waals surface area (Å²) in [6.07, 6.45) is 2.67. The van der Waals surface area contributed by atoms with Gasteiger partial charge in [-0.1, -0.05) is 0 Å². The molecule has 3 nitrogen and oxygen atoms in total. The first-order chi connectivity index (χ1) is 10.1. The molecule has 1 aromatic rings. The van der Waals surface area contributed by atoms with Gasteiger partial charge in [-0.25, -0.2) is 8.78 Å². The zero-order valence-electron chi connectivity index (χ0n) is 11.9. The van der Waals surface area contributed by atoms with Crippen molar-refractivity contribution in [1.29, 1.82) is 0 Å². The molecule has 1 fully saturated rings. The van der Waals surface area contributed by atoms with Crippen molar-refractivity contribution in [2.24, 2.45) is 0 Å². The van der Waals surface area contributed by atoms with Gasteiger partial charge in [0.1, 0.15) is 17.7 Å². The topological polar surface area (TPSA) is 38.3 Å². The van der Waals surface area contributed by atoms with Crippen molar-refractivity contribution in [3.8, 4) is 0 Å². The van der Waals surface area contributed by atoms with E-state index in [-0.39, 0.29) is 16.9 Å². The van der Waals surface area contributed by atoms with Crippen LogP contribution >= 0.6 is 11.8 Å². The van der Waals surface area contributed by atoms with Crippen LogP contribution < -0.4 is 5.32 Å². The van der Waals surface area contributed by atoms with Gasteiger partial charge in [0.2, 0.25) is 0 Å². The van der Waals surface area contributed by atoms with Crippen LogP contribution in [0.2, 0.25) is 0 Å². The maximum atomic E-state index is 13.5. The predicted molar refractivity (Wildman–Crippen MR) is 78.3 cm³/mol. The Hall–Kier alpha value is -1.14. The highest BCUT2D eigenvalue weighted by Gasteiger charge is 2.28. The van der Waals surface area contributed by atoms with Crippen molar-refractivity contribution >= 4 is 17.7 Å². The fraction of sp³-hybridized carbons (Fsp3) is 0.533. The average molecular weight is 315 g/mol. The van der Waals surface area contributed by atoms with Gasteiger partial charge in [-0.05, 0) is 44.4 Å². The van der Waals surface area contributed by atoms with Crippen LogP contribution in [0.15, 0.2) is 23.1 Å². The Bertz CT molecular complexity index is 495. The van der Waals surface area contributed by atoms with Gasteiger partial charge in [-0.2, -0.15) is 0 Å². The molecule has 1 unspecified atom stereocenters. The summed E-state index contributed by atoms with van der Waals surface area (Å²) in [4.78, 5) is 12.1. The molecule has 116 valence electrons. The lowest BCUT2D eigenvalue weighted by molar-refractivity contribution is -0.145. The van der Waals surface area contributed by atoms with Crippen molar-refractivity contribution in [1.82, 2.24) is 5.32 Å². The molecule has 1 saturated carbocycles. The first-order valence-electron chi connectivity index (χ1n) is 7.10. The Morgan fingerprint density at radius 3 is 2.90 bits per heavy atom. The van der Waals surface area contributed by atoms with E-state index in [1.807, 2.05) is 0 Å². The number of rotatable bonds is 8. The number of thioether (sulfide) groups is 1. The minimum atomic E-state index is -0.461. The fourth-order valence-corrected chi connectivity index (χ4v) is 2.90. The summed E-state index contributed by atoms with van der Waals surface area (Å²) in [5, 5.41) is 3.23. The van der Waals surface area contributed by atoms with Gasteiger partial charge in [0, 0.05) is 16.7 Å². The zero-order chi connectivity index (χ0) is 15.2. The summed E-state index contributed by atoms with van der Waals surface area (Å²) in [6.45, 7) is 2.11. The molecule has 21 heavy (non-hydrogen) atoms. The van der Waals surface area contributed by atoms with Gasteiger partial charge in [0.05, 0.1) is 6.61 Å². The molecule has 1 N–H and O–H groups in total. The van der Waals surface area contributed by atoms with Crippen LogP contribution in [0.3, 0.4) is 0 Å². The Morgan fingerprint density at radius 1 is 1.48 bits per heavy atom. The highest BCUT2D eigenvalue weighted by atomic mass is 32.2. The van der Waals surface area contributed by atoms with E-state index in [0.717, 1.165) is 25.0 Å². The van der Waals surface area contributed by atoms with E-state index in [4.69, 9.17) is 4.74 Å². The van der Waals surface area contributed by atoms with E-state index in [9.17, 15) is 13.6 Å². The molecule has 6 heteroatoms. The number of halogens is 2. The number of ether oxygens (including phenoxy) is 1. The van der Waals surface area contributed by atoms with Crippen molar-refractivity contribution in [3.63, 3.8) is 0 Å². The molecule has 0 aliphatic heterocycles. The van der Waals surface area contributed by atoms with Crippen LogP contribution in [0.4, 0.5) is 8.78 Å². The molecule has 1 aliphatic rings. The molecule has 0 aromatic heterocycles. The molecule has 0 bridgehead atoms. The lowest BCUT2D eigenvalue weighted by atomic mass is 10.2. The standard InChI is InChI=1S/C15H19F2NO2S/c1-2-20-15(19)13(18-11-4-5-11)7-8-21-14-9-10(16)3-6-12(14)17/h3,6,9,11,13,18H,2,4-5,7-8H2,1H3. The molecule has 1 aromatic carbocycles. The van der Waals surface area contributed by atoms with E-state index in [1.165, 1.54) is 17.8 Å². The molecule has 0 radical (unpaired) electrons. The summed E-state index contributed by atoms with van der Waals surface area (Å²) >= 11 is 1.21. The van der Waals surface area contributed by atoms with Gasteiger partial charge in [0.15, 0.2) is 0 Å². The highest BCUT2D eigenvalue weighted by Crippen LogP contribution is 2.25. The molecule has 0 amide bonds. The maximum absolute atomic E-state index is 13.5. The van der Waals surface area contributed by atoms with Crippen LogP contribution in [0, 0.1) is 11.6 Å². The summed E-state index contributed by atoms with van der Waals surface area (Å²) in [6, 6.07) is 3.39. The molecule has 2 rings (SSSR count). The van der Waals surface area contributed by atoms with Crippen LogP contribution in [0.5, 0.6) is 0 Å². The third-order valence-corrected chi connectivity index (χ3v) is 4.21. The molecule has 1 atom stereocenters. The summed E-state index contributed by atoms with van der Waals surface area (Å²) in [5.74, 6) is -0.658. The minimum Gasteiger partial charge on any atom is -0.465 e. The minimum absolute atomic E-state index is 0.268. The summed E-state index contributed by atoms with van der Waals surface area (Å²) in [7, 11) is 0. The van der Waals surface area contributed by atoms with Gasteiger partial charge >= 0.3 is 5.97 Å². The predicted octanol–water partition coefficient (Wildman–Crippen LogP) is 3.13. The van der Waals surface area contributed by atoms with Gasteiger partial charge < -0.3 is 10.1 Å². The largest absolute Gasteiger partial charge is 0.465 e. The zero-order valence-corrected chi connectivity index (χ0v) is 12.7. The summed E-state index contributed by atoms with van der Waals surface area (Å²) in [5.41, 5.74) is 0. The van der Waals surface area contributed by atoms with Crippen LogP contribution in [-0.2, 0) is 9.53 Å². The van der Waals surface area contributed by atoms with E-state index in [0.29, 0.717) is 24.8 Å². The van der Waals surface area contributed by atoms with E-state index >= 15 is 0 Å². The van der Waals surface area contributed by atoms with Crippen molar-refractivity contribution in [3.05, 3.63) is 29.8 Å². The average Bonchev–Trinajstić information content (AvgIpc) is 3.26. The van der Waals surface area contributed by atoms with Crippen molar-refractivity contribution in [2.45, 2.75) is 43.2 Å². The van der Waals surface area contributed by atoms with Crippen molar-refractivity contribution < 1.29 is 18.3 Å². The molecule has 0 saturated heterocycles. The van der Waals surface area contributed by atoms with Crippen LogP contribution in [0.1, 0.15) is 26.2 Å². The lowest BCUT2D eigenvalue weighted by Gasteiger charge is -2.16. The Kier molecular flexibility index (Phi) is 5.99. The third-order valence-electron chi connectivity index (χ3n) is 3.14. The number of nitrogens with one attached hydrogen (secondary N) is 1. The summed E-state index contributed by atoms with van der Waals surface area (Å²) < 4.78 is 31.6. The molecule has 0 spiro atoms. The van der Waals surface area contributed by atoms with Gasteiger partial charge in [0.25, 0.3) is 0 Å². The first kappa shape index (κ1) is 16.2. The number of hydrogen-bond acceptors (Lipinski definition) is 4. The quantitative estimate of drug-likeness (QED) is 0.591. The number of benzene rings is 1. The normalized spacial score (nSPS) is 15.8. The smallest absolute Gasteiger partial charge is 0.323 e. The van der Waals surface area contributed by atoms with E-state index < -0.39 is 11.6 Å². The Morgan fingerprint density at radius 2 is 2.24 bits per heavy atom.